The fraction of sp³-hybridized carbons (Fsp3) is 0.529. The van der Waals surface area contributed by atoms with Crippen LogP contribution in [-0.4, -0.2) is 26.9 Å². The zero-order valence-corrected chi connectivity index (χ0v) is 17.4. The smallest absolute Gasteiger partial charge is 0.335 e. The summed E-state index contributed by atoms with van der Waals surface area (Å²) in [6.45, 7) is 7.95. The topological polar surface area (TPSA) is 117 Å². The van der Waals surface area contributed by atoms with Gasteiger partial charge in [-0.2, -0.15) is 0 Å². The van der Waals surface area contributed by atoms with Gasteiger partial charge in [-0.1, -0.05) is 17.2 Å². The minimum atomic E-state index is -4.56. The molecule has 0 amide bonds. The summed E-state index contributed by atoms with van der Waals surface area (Å²) in [7, 11) is -8.61. The molecule has 0 aromatic carbocycles. The maximum Gasteiger partial charge on any atom is 0.335 e. The number of hydrogen-bond donors (Lipinski definition) is 3. The Kier molecular flexibility index (Phi) is 8.74. The van der Waals surface area contributed by atoms with Crippen LogP contribution in [0.4, 0.5) is 0 Å². The Morgan fingerprint density at radius 2 is 1.88 bits per heavy atom. The van der Waals surface area contributed by atoms with Gasteiger partial charge in [-0.15, -0.1) is 0 Å². The van der Waals surface area contributed by atoms with Crippen LogP contribution in [0.15, 0.2) is 27.7 Å². The highest BCUT2D eigenvalue weighted by atomic mass is 31.2. The molecule has 0 radical (unpaired) electrons. The molecule has 1 aromatic rings. The summed E-state index contributed by atoms with van der Waals surface area (Å²) in [5, 5.41) is 0. The highest BCUT2D eigenvalue weighted by Gasteiger charge is 2.29. The maximum atomic E-state index is 11.7. The Balaban J connectivity index is 2.61. The van der Waals surface area contributed by atoms with Gasteiger partial charge in [0.05, 0.1) is 0 Å². The Labute approximate surface area is 154 Å². The molecule has 26 heavy (non-hydrogen) atoms. The van der Waals surface area contributed by atoms with Gasteiger partial charge in [-0.3, -0.25) is 9.13 Å². The van der Waals surface area contributed by atoms with E-state index in [9.17, 15) is 14.0 Å². The second kappa shape index (κ2) is 9.84. The van der Waals surface area contributed by atoms with Crippen molar-refractivity contribution in [2.75, 3.05) is 12.3 Å². The summed E-state index contributed by atoms with van der Waals surface area (Å²) >= 11 is 0. The minimum absolute atomic E-state index is 0.0395. The first kappa shape index (κ1) is 23.1. The van der Waals surface area contributed by atoms with Crippen LogP contribution in [0.2, 0.25) is 0 Å². The third kappa shape index (κ3) is 9.67. The molecule has 7 nitrogen and oxygen atoms in total. The van der Waals surface area contributed by atoms with Crippen molar-refractivity contribution < 1.29 is 33.0 Å². The van der Waals surface area contributed by atoms with Crippen LogP contribution < -0.4 is 0 Å². The van der Waals surface area contributed by atoms with Crippen LogP contribution in [0.1, 0.15) is 50.7 Å². The van der Waals surface area contributed by atoms with Crippen molar-refractivity contribution in [2.24, 2.45) is 0 Å². The van der Waals surface area contributed by atoms with Crippen molar-refractivity contribution in [3.8, 4) is 0 Å². The Bertz CT molecular complexity index is 751. The summed E-state index contributed by atoms with van der Waals surface area (Å²) in [6.07, 6.45) is 5.37. The van der Waals surface area contributed by atoms with E-state index in [0.29, 0.717) is 11.5 Å². The van der Waals surface area contributed by atoms with Crippen LogP contribution >= 0.6 is 15.0 Å². The molecule has 0 bridgehead atoms. The van der Waals surface area contributed by atoms with Gasteiger partial charge < -0.3 is 23.8 Å². The molecule has 1 unspecified atom stereocenters. The average Bonchev–Trinajstić information content (AvgIpc) is 2.75. The van der Waals surface area contributed by atoms with Crippen molar-refractivity contribution >= 4 is 21.0 Å². The van der Waals surface area contributed by atoms with Crippen LogP contribution in [-0.2, 0) is 20.5 Å². The average molecular weight is 406 g/mol. The summed E-state index contributed by atoms with van der Waals surface area (Å²) in [4.78, 5) is 27.1. The predicted octanol–water partition coefficient (Wildman–Crippen LogP) is 4.62. The predicted molar refractivity (Wildman–Crippen MR) is 102 cm³/mol. The molecule has 0 aliphatic carbocycles. The zero-order valence-electron chi connectivity index (χ0n) is 15.6. The monoisotopic (exact) mass is 406 g/mol. The lowest BCUT2D eigenvalue weighted by molar-refractivity contribution is 0.137. The quantitative estimate of drug-likeness (QED) is 0.383. The molecule has 1 rings (SSSR count). The molecule has 148 valence electrons. The Hall–Kier alpha value is -0.940. The molecule has 0 aliphatic rings. The number of ether oxygens (including phenoxy) is 1. The van der Waals surface area contributed by atoms with Gasteiger partial charge in [0, 0.05) is 0 Å². The van der Waals surface area contributed by atoms with Gasteiger partial charge in [0.1, 0.15) is 30.4 Å². The van der Waals surface area contributed by atoms with Crippen molar-refractivity contribution in [3.05, 3.63) is 40.4 Å². The lowest BCUT2D eigenvalue weighted by atomic mass is 10.1. The maximum absolute atomic E-state index is 11.7. The van der Waals surface area contributed by atoms with Gasteiger partial charge in [-0.05, 0) is 58.2 Å². The van der Waals surface area contributed by atoms with Gasteiger partial charge in [0.15, 0.2) is 0 Å². The summed E-state index contributed by atoms with van der Waals surface area (Å²) in [6, 6.07) is 1.86. The van der Waals surface area contributed by atoms with Crippen LogP contribution in [0.25, 0.3) is 6.08 Å². The highest BCUT2D eigenvalue weighted by Crippen LogP contribution is 2.54. The molecule has 0 fully saturated rings. The van der Waals surface area contributed by atoms with Crippen molar-refractivity contribution in [3.63, 3.8) is 0 Å². The van der Waals surface area contributed by atoms with Gasteiger partial charge >= 0.3 is 7.60 Å². The largest absolute Gasteiger partial charge is 0.459 e. The SMILES string of the molecule is CC(C)=CCCC(C)=Cc1cc(C)c(COCP(=O)(O)CP(=O)(O)O)o1. The Morgan fingerprint density at radius 1 is 1.23 bits per heavy atom. The standard InChI is InChI=1S/C17H28O7P2/c1-13(2)6-5-7-14(3)8-16-9-15(4)17(24-16)10-23-11-25(18,19)12-26(20,21)22/h6,8-9H,5,7,10-12H2,1-4H3,(H,18,19)(H2,20,21,22). The van der Waals surface area contributed by atoms with Crippen molar-refractivity contribution in [2.45, 2.75) is 47.1 Å². The normalized spacial score (nSPS) is 15.0. The van der Waals surface area contributed by atoms with E-state index < -0.39 is 27.2 Å². The van der Waals surface area contributed by atoms with Gasteiger partial charge in [-0.25, -0.2) is 0 Å². The van der Waals surface area contributed by atoms with Crippen LogP contribution in [0.3, 0.4) is 0 Å². The number of rotatable bonds is 10. The molecule has 0 saturated carbocycles. The third-order valence-electron chi connectivity index (χ3n) is 3.45. The van der Waals surface area contributed by atoms with Gasteiger partial charge in [0.25, 0.3) is 0 Å². The van der Waals surface area contributed by atoms with Crippen molar-refractivity contribution in [1.82, 2.24) is 0 Å². The van der Waals surface area contributed by atoms with E-state index in [-0.39, 0.29) is 6.61 Å². The number of furan rings is 1. The fourth-order valence-electron chi connectivity index (χ4n) is 2.27. The second-order valence-corrected chi connectivity index (χ2v) is 11.1. The fourth-order valence-corrected chi connectivity index (χ4v) is 5.28. The molecule has 0 aliphatic heterocycles. The van der Waals surface area contributed by atoms with E-state index >= 15 is 0 Å². The molecule has 3 N–H and O–H groups in total. The molecular formula is C17H28O7P2. The highest BCUT2D eigenvalue weighted by molar-refractivity contribution is 7.72. The molecular weight excluding hydrogens is 378 g/mol. The van der Waals surface area contributed by atoms with E-state index in [0.717, 1.165) is 18.4 Å². The molecule has 0 saturated heterocycles. The third-order valence-corrected chi connectivity index (χ3v) is 7.28. The molecule has 1 atom stereocenters. The molecule has 1 aromatic heterocycles. The first-order chi connectivity index (χ1) is 11.9. The van der Waals surface area contributed by atoms with Crippen LogP contribution in [0, 0.1) is 6.92 Å². The lowest BCUT2D eigenvalue weighted by Crippen LogP contribution is -2.00. The Morgan fingerprint density at radius 3 is 2.46 bits per heavy atom. The lowest BCUT2D eigenvalue weighted by Gasteiger charge is -2.12. The van der Waals surface area contributed by atoms with E-state index in [2.05, 4.69) is 19.9 Å². The number of hydrogen-bond acceptors (Lipinski definition) is 4. The second-order valence-electron chi connectivity index (χ2n) is 6.70. The number of allylic oxidation sites excluding steroid dienone is 3. The van der Waals surface area contributed by atoms with E-state index in [1.165, 1.54) is 11.1 Å². The summed E-state index contributed by atoms with van der Waals surface area (Å²) in [5.74, 6) is 0.110. The molecule has 1 heterocycles. The zero-order chi connectivity index (χ0) is 20.0. The van der Waals surface area contributed by atoms with E-state index in [1.54, 1.807) is 0 Å². The van der Waals surface area contributed by atoms with Crippen LogP contribution in [0.5, 0.6) is 0 Å². The summed E-state index contributed by atoms with van der Waals surface area (Å²) < 4.78 is 33.4. The minimum Gasteiger partial charge on any atom is -0.459 e. The molecule has 0 spiro atoms. The summed E-state index contributed by atoms with van der Waals surface area (Å²) in [5.41, 5.74) is 3.30. The van der Waals surface area contributed by atoms with Gasteiger partial charge in [0.2, 0.25) is 7.37 Å². The molecule has 9 heteroatoms. The van der Waals surface area contributed by atoms with E-state index in [4.69, 9.17) is 18.9 Å². The first-order valence-corrected chi connectivity index (χ1v) is 12.0. The number of aryl methyl sites for hydroxylation is 1. The van der Waals surface area contributed by atoms with Crippen molar-refractivity contribution in [1.29, 1.82) is 0 Å². The van der Waals surface area contributed by atoms with E-state index in [1.807, 2.05) is 26.0 Å². The first-order valence-electron chi connectivity index (χ1n) is 8.21.